The monoisotopic (exact) mass is 292 g/mol. The number of alkyl halides is 1. The van der Waals surface area contributed by atoms with E-state index in [1.807, 2.05) is 37.3 Å². The van der Waals surface area contributed by atoms with E-state index in [4.69, 9.17) is 21.1 Å². The third kappa shape index (κ3) is 3.33. The predicted octanol–water partition coefficient (Wildman–Crippen LogP) is 3.97. The molecule has 1 N–H and O–H groups in total. The van der Waals surface area contributed by atoms with Gasteiger partial charge in [0, 0.05) is 17.4 Å². The molecule has 0 aliphatic carbocycles. The molecular formula is C15H17ClN2O2. The topological polar surface area (TPSA) is 43.4 Å². The van der Waals surface area contributed by atoms with Gasteiger partial charge in [0.2, 0.25) is 0 Å². The maximum absolute atomic E-state index is 5.95. The van der Waals surface area contributed by atoms with Gasteiger partial charge in [0.05, 0.1) is 19.6 Å². The third-order valence-electron chi connectivity index (χ3n) is 2.76. The Morgan fingerprint density at radius 1 is 1.25 bits per heavy atom. The van der Waals surface area contributed by atoms with Gasteiger partial charge >= 0.3 is 0 Å². The van der Waals surface area contributed by atoms with Crippen molar-refractivity contribution < 1.29 is 9.47 Å². The first-order valence-corrected chi connectivity index (χ1v) is 6.89. The highest BCUT2D eigenvalue weighted by Gasteiger charge is 2.07. The van der Waals surface area contributed by atoms with Crippen LogP contribution < -0.4 is 14.8 Å². The van der Waals surface area contributed by atoms with E-state index < -0.39 is 0 Å². The molecule has 5 heteroatoms. The van der Waals surface area contributed by atoms with Crippen molar-refractivity contribution in [3.05, 3.63) is 42.1 Å². The van der Waals surface area contributed by atoms with Crippen LogP contribution in [-0.2, 0) is 5.88 Å². The summed E-state index contributed by atoms with van der Waals surface area (Å²) < 4.78 is 10.8. The molecule has 2 aromatic rings. The molecule has 0 unspecified atom stereocenters. The van der Waals surface area contributed by atoms with E-state index in [0.717, 1.165) is 17.0 Å². The predicted molar refractivity (Wildman–Crippen MR) is 81.2 cm³/mol. The van der Waals surface area contributed by atoms with Gasteiger partial charge in [-0.2, -0.15) is 0 Å². The smallest absolute Gasteiger partial charge is 0.173 e. The highest BCUT2D eigenvalue weighted by molar-refractivity contribution is 6.17. The highest BCUT2D eigenvalue weighted by atomic mass is 35.5. The summed E-state index contributed by atoms with van der Waals surface area (Å²) >= 11 is 5.95. The summed E-state index contributed by atoms with van der Waals surface area (Å²) in [5, 5.41) is 3.22. The van der Waals surface area contributed by atoms with Crippen LogP contribution in [0, 0.1) is 0 Å². The summed E-state index contributed by atoms with van der Waals surface area (Å²) in [6.45, 7) is 2.56. The standard InChI is InChI=1S/C15H17ClN2O2/c1-3-20-13-7-6-12(9-11(13)10-16)18-15-14(19-2)5-4-8-17-15/h4-9H,3,10H2,1-2H3,(H,17,18). The van der Waals surface area contributed by atoms with Gasteiger partial charge in [-0.3, -0.25) is 0 Å². The molecule has 2 rings (SSSR count). The summed E-state index contributed by atoms with van der Waals surface area (Å²) in [6, 6.07) is 9.46. The molecule has 0 radical (unpaired) electrons. The Hall–Kier alpha value is -1.94. The lowest BCUT2D eigenvalue weighted by Crippen LogP contribution is -1.99. The molecule has 0 bridgehead atoms. The minimum atomic E-state index is 0.393. The average molecular weight is 293 g/mol. The zero-order valence-corrected chi connectivity index (χ0v) is 12.3. The minimum Gasteiger partial charge on any atom is -0.494 e. The lowest BCUT2D eigenvalue weighted by Gasteiger charge is -2.13. The number of hydrogen-bond acceptors (Lipinski definition) is 4. The van der Waals surface area contributed by atoms with E-state index in [9.17, 15) is 0 Å². The van der Waals surface area contributed by atoms with E-state index in [2.05, 4.69) is 10.3 Å². The first kappa shape index (κ1) is 14.5. The molecule has 0 saturated carbocycles. The van der Waals surface area contributed by atoms with Crippen LogP contribution in [0.3, 0.4) is 0 Å². The van der Waals surface area contributed by atoms with Crippen molar-refractivity contribution in [2.24, 2.45) is 0 Å². The molecule has 0 spiro atoms. The van der Waals surface area contributed by atoms with Gasteiger partial charge in [-0.1, -0.05) is 0 Å². The normalized spacial score (nSPS) is 10.2. The second-order valence-corrected chi connectivity index (χ2v) is 4.34. The molecule has 0 fully saturated rings. The highest BCUT2D eigenvalue weighted by Crippen LogP contribution is 2.29. The van der Waals surface area contributed by atoms with E-state index in [1.54, 1.807) is 13.3 Å². The van der Waals surface area contributed by atoms with E-state index >= 15 is 0 Å². The lowest BCUT2D eigenvalue weighted by atomic mass is 10.2. The summed E-state index contributed by atoms with van der Waals surface area (Å²) in [5.74, 6) is 2.55. The summed E-state index contributed by atoms with van der Waals surface area (Å²) in [7, 11) is 1.62. The molecule has 0 atom stereocenters. The molecule has 0 aliphatic rings. The molecule has 1 aromatic heterocycles. The fraction of sp³-hybridized carbons (Fsp3) is 0.267. The second kappa shape index (κ2) is 7.01. The van der Waals surface area contributed by atoms with Crippen molar-refractivity contribution in [3.8, 4) is 11.5 Å². The summed E-state index contributed by atoms with van der Waals surface area (Å²) in [5.41, 5.74) is 1.83. The first-order valence-electron chi connectivity index (χ1n) is 6.36. The fourth-order valence-electron chi connectivity index (χ4n) is 1.84. The maximum Gasteiger partial charge on any atom is 0.173 e. The second-order valence-electron chi connectivity index (χ2n) is 4.07. The van der Waals surface area contributed by atoms with Gasteiger partial charge < -0.3 is 14.8 Å². The number of ether oxygens (including phenoxy) is 2. The van der Waals surface area contributed by atoms with Gasteiger partial charge in [0.15, 0.2) is 11.6 Å². The number of rotatable bonds is 6. The average Bonchev–Trinajstić information content (AvgIpc) is 2.49. The van der Waals surface area contributed by atoms with E-state index in [-0.39, 0.29) is 0 Å². The largest absolute Gasteiger partial charge is 0.494 e. The number of hydrogen-bond donors (Lipinski definition) is 1. The van der Waals surface area contributed by atoms with Crippen molar-refractivity contribution >= 4 is 23.1 Å². The molecule has 1 aromatic carbocycles. The van der Waals surface area contributed by atoms with Gasteiger partial charge in [-0.05, 0) is 37.3 Å². The zero-order chi connectivity index (χ0) is 14.4. The number of nitrogens with zero attached hydrogens (tertiary/aromatic N) is 1. The van der Waals surface area contributed by atoms with Crippen LogP contribution in [0.5, 0.6) is 11.5 Å². The van der Waals surface area contributed by atoms with Gasteiger partial charge in [-0.25, -0.2) is 4.98 Å². The van der Waals surface area contributed by atoms with Crippen molar-refractivity contribution in [2.75, 3.05) is 19.0 Å². The number of nitrogens with one attached hydrogen (secondary N) is 1. The van der Waals surface area contributed by atoms with Crippen LogP contribution in [-0.4, -0.2) is 18.7 Å². The van der Waals surface area contributed by atoms with E-state index in [0.29, 0.717) is 24.1 Å². The molecule has 0 saturated heterocycles. The molecule has 1 heterocycles. The number of benzene rings is 1. The van der Waals surface area contributed by atoms with Crippen molar-refractivity contribution in [3.63, 3.8) is 0 Å². The maximum atomic E-state index is 5.95. The summed E-state index contributed by atoms with van der Waals surface area (Å²) in [4.78, 5) is 4.26. The Labute approximate surface area is 123 Å². The van der Waals surface area contributed by atoms with Crippen LogP contribution in [0.4, 0.5) is 11.5 Å². The lowest BCUT2D eigenvalue weighted by molar-refractivity contribution is 0.337. The number of halogens is 1. The van der Waals surface area contributed by atoms with Crippen LogP contribution in [0.15, 0.2) is 36.5 Å². The van der Waals surface area contributed by atoms with Crippen molar-refractivity contribution in [1.82, 2.24) is 4.98 Å². The molecule has 20 heavy (non-hydrogen) atoms. The van der Waals surface area contributed by atoms with Crippen LogP contribution in [0.1, 0.15) is 12.5 Å². The number of aromatic nitrogens is 1. The Morgan fingerprint density at radius 2 is 2.10 bits per heavy atom. The van der Waals surface area contributed by atoms with Gasteiger partial charge in [0.1, 0.15) is 5.75 Å². The number of anilines is 2. The van der Waals surface area contributed by atoms with Gasteiger partial charge in [-0.15, -0.1) is 11.6 Å². The Kier molecular flexibility index (Phi) is 5.07. The third-order valence-corrected chi connectivity index (χ3v) is 3.05. The number of pyridine rings is 1. The fourth-order valence-corrected chi connectivity index (χ4v) is 2.05. The Morgan fingerprint density at radius 3 is 2.80 bits per heavy atom. The molecule has 4 nitrogen and oxygen atoms in total. The minimum absolute atomic E-state index is 0.393. The van der Waals surface area contributed by atoms with Crippen LogP contribution >= 0.6 is 11.6 Å². The Balaban J connectivity index is 2.25. The van der Waals surface area contributed by atoms with Gasteiger partial charge in [0.25, 0.3) is 0 Å². The van der Waals surface area contributed by atoms with Crippen LogP contribution in [0.25, 0.3) is 0 Å². The van der Waals surface area contributed by atoms with Crippen molar-refractivity contribution in [2.45, 2.75) is 12.8 Å². The Bertz CT molecular complexity index is 576. The summed E-state index contributed by atoms with van der Waals surface area (Å²) in [6.07, 6.45) is 1.71. The SMILES string of the molecule is CCOc1ccc(Nc2ncccc2OC)cc1CCl. The van der Waals surface area contributed by atoms with E-state index in [1.165, 1.54) is 0 Å². The molecule has 106 valence electrons. The van der Waals surface area contributed by atoms with Crippen LogP contribution in [0.2, 0.25) is 0 Å². The first-order chi connectivity index (χ1) is 9.78. The molecule has 0 aliphatic heterocycles. The molecule has 0 amide bonds. The zero-order valence-electron chi connectivity index (χ0n) is 11.5. The molecular weight excluding hydrogens is 276 g/mol. The quantitative estimate of drug-likeness (QED) is 0.818. The number of methoxy groups -OCH3 is 1. The van der Waals surface area contributed by atoms with Crippen molar-refractivity contribution in [1.29, 1.82) is 0 Å².